The maximum atomic E-state index is 12.5. The lowest BCUT2D eigenvalue weighted by molar-refractivity contribution is -0.117. The predicted molar refractivity (Wildman–Crippen MR) is 123 cm³/mol. The molecule has 0 N–H and O–H groups in total. The third kappa shape index (κ3) is 5.33. The van der Waals surface area contributed by atoms with Gasteiger partial charge >= 0.3 is 0 Å². The smallest absolute Gasteiger partial charge is 0.249 e. The summed E-state index contributed by atoms with van der Waals surface area (Å²) in [5.41, 5.74) is 2.18. The van der Waals surface area contributed by atoms with Crippen LogP contribution in [0.5, 0.6) is 5.75 Å². The molecule has 1 aromatic heterocycles. The zero-order valence-electron chi connectivity index (χ0n) is 17.1. The van der Waals surface area contributed by atoms with Gasteiger partial charge in [-0.15, -0.1) is 0 Å². The number of thiazole rings is 1. The van der Waals surface area contributed by atoms with Crippen molar-refractivity contribution in [1.82, 2.24) is 4.57 Å². The van der Waals surface area contributed by atoms with Gasteiger partial charge in [0.25, 0.3) is 0 Å². The molecule has 0 saturated heterocycles. The number of carbonyl (C=O) groups excluding carboxylic acids is 1. The lowest BCUT2D eigenvalue weighted by Gasteiger charge is -2.05. The van der Waals surface area contributed by atoms with E-state index in [9.17, 15) is 13.2 Å². The summed E-state index contributed by atoms with van der Waals surface area (Å²) in [6, 6.07) is 12.3. The van der Waals surface area contributed by atoms with Gasteiger partial charge in [0.15, 0.2) is 14.6 Å². The normalized spacial score (nSPS) is 12.4. The number of hydrogen-bond acceptors (Lipinski definition) is 6. The van der Waals surface area contributed by atoms with E-state index in [0.29, 0.717) is 10.6 Å². The molecule has 1 amide bonds. The third-order valence-corrected chi connectivity index (χ3v) is 7.94. The van der Waals surface area contributed by atoms with E-state index in [4.69, 9.17) is 4.74 Å². The molecule has 0 saturated carbocycles. The minimum atomic E-state index is -3.57. The van der Waals surface area contributed by atoms with Gasteiger partial charge in [-0.25, -0.2) is 8.42 Å². The number of benzene rings is 2. The van der Waals surface area contributed by atoms with Crippen LogP contribution in [0.25, 0.3) is 10.2 Å². The summed E-state index contributed by atoms with van der Waals surface area (Å²) in [7, 11) is -2.05. The lowest BCUT2D eigenvalue weighted by Crippen LogP contribution is -2.19. The maximum absolute atomic E-state index is 12.5. The van der Waals surface area contributed by atoms with Crippen molar-refractivity contribution in [3.8, 4) is 5.75 Å². The van der Waals surface area contributed by atoms with E-state index in [2.05, 4.69) is 11.1 Å². The third-order valence-electron chi connectivity index (χ3n) is 4.58. The molecule has 6 nitrogen and oxygen atoms in total. The number of hydrogen-bond donors (Lipinski definition) is 0. The highest BCUT2D eigenvalue weighted by atomic mass is 32.2. The molecule has 3 aromatic rings. The van der Waals surface area contributed by atoms with Crippen LogP contribution in [0, 0.1) is 6.92 Å². The number of rotatable bonds is 8. The van der Waals surface area contributed by atoms with Crippen molar-refractivity contribution in [2.45, 2.75) is 24.8 Å². The first-order valence-electron chi connectivity index (χ1n) is 9.37. The molecule has 0 aliphatic heterocycles. The van der Waals surface area contributed by atoms with Crippen molar-refractivity contribution < 1.29 is 17.9 Å². The fourth-order valence-electron chi connectivity index (χ4n) is 2.95. The lowest BCUT2D eigenvalue weighted by atomic mass is 10.2. The van der Waals surface area contributed by atoms with Gasteiger partial charge in [0.05, 0.1) is 28.0 Å². The highest BCUT2D eigenvalue weighted by molar-refractivity contribution is 7.98. The fourth-order valence-corrected chi connectivity index (χ4v) is 5.72. The minimum absolute atomic E-state index is 0.163. The first kappa shape index (κ1) is 22.6. The molecule has 0 radical (unpaired) electrons. The number of aryl methyl sites for hydroxylation is 2. The van der Waals surface area contributed by atoms with Gasteiger partial charge in [-0.1, -0.05) is 17.4 Å². The average molecular weight is 465 g/mol. The monoisotopic (exact) mass is 464 g/mol. The Morgan fingerprint density at radius 3 is 2.60 bits per heavy atom. The highest BCUT2D eigenvalue weighted by Gasteiger charge is 2.17. The van der Waals surface area contributed by atoms with E-state index in [1.54, 1.807) is 23.9 Å². The van der Waals surface area contributed by atoms with Crippen LogP contribution in [-0.2, 0) is 21.2 Å². The Bertz CT molecular complexity index is 1210. The van der Waals surface area contributed by atoms with Crippen LogP contribution in [-0.4, -0.2) is 43.8 Å². The van der Waals surface area contributed by atoms with E-state index in [1.165, 1.54) is 30.6 Å². The fraction of sp³-hybridized carbons (Fsp3) is 0.333. The Labute approximate surface area is 184 Å². The molecule has 0 atom stereocenters. The van der Waals surface area contributed by atoms with Gasteiger partial charge in [0.2, 0.25) is 5.91 Å². The molecular formula is C21H24N2O4S3. The maximum Gasteiger partial charge on any atom is 0.249 e. The van der Waals surface area contributed by atoms with Crippen LogP contribution in [0.15, 0.2) is 52.4 Å². The quantitative estimate of drug-likeness (QED) is 0.508. The summed E-state index contributed by atoms with van der Waals surface area (Å²) >= 11 is 3.18. The summed E-state index contributed by atoms with van der Waals surface area (Å²) in [5.74, 6) is 0.756. The van der Waals surface area contributed by atoms with E-state index in [-0.39, 0.29) is 17.1 Å². The van der Waals surface area contributed by atoms with Crippen LogP contribution in [0.4, 0.5) is 0 Å². The number of amides is 1. The standard InChI is InChI=1S/C21H24N2O4S3/c1-15-4-9-18-19(14-15)29-21(23(18)11-12-28-3)22-20(24)10-13-30(25,26)17-7-5-16(27-2)6-8-17/h4-9,14H,10-13H2,1-3H3. The summed E-state index contributed by atoms with van der Waals surface area (Å²) in [5, 5.41) is 0. The zero-order chi connectivity index (χ0) is 21.7. The second kappa shape index (κ2) is 9.80. The van der Waals surface area contributed by atoms with Gasteiger partial charge < -0.3 is 9.30 Å². The molecule has 0 fully saturated rings. The zero-order valence-corrected chi connectivity index (χ0v) is 19.6. The molecule has 30 heavy (non-hydrogen) atoms. The molecule has 1 heterocycles. The number of nitrogens with zero attached hydrogens (tertiary/aromatic N) is 2. The Kier molecular flexibility index (Phi) is 7.38. The highest BCUT2D eigenvalue weighted by Crippen LogP contribution is 2.20. The number of fused-ring (bicyclic) bond motifs is 1. The number of sulfone groups is 1. The number of ether oxygens (including phenoxy) is 1. The van der Waals surface area contributed by atoms with Gasteiger partial charge in [0, 0.05) is 18.7 Å². The molecule has 0 aliphatic rings. The van der Waals surface area contributed by atoms with Crippen LogP contribution < -0.4 is 9.54 Å². The van der Waals surface area contributed by atoms with Crippen LogP contribution in [0.3, 0.4) is 0 Å². The molecule has 0 unspecified atom stereocenters. The van der Waals surface area contributed by atoms with Crippen molar-refractivity contribution in [3.63, 3.8) is 0 Å². The topological polar surface area (TPSA) is 77.7 Å². The number of thioether (sulfide) groups is 1. The van der Waals surface area contributed by atoms with E-state index in [0.717, 1.165) is 28.1 Å². The van der Waals surface area contributed by atoms with Crippen molar-refractivity contribution in [3.05, 3.63) is 52.8 Å². The molecular weight excluding hydrogens is 440 g/mol. The van der Waals surface area contributed by atoms with E-state index < -0.39 is 15.7 Å². The first-order chi connectivity index (χ1) is 14.3. The Balaban J connectivity index is 1.82. The van der Waals surface area contributed by atoms with Crippen LogP contribution >= 0.6 is 23.1 Å². The summed E-state index contributed by atoms with van der Waals surface area (Å²) in [4.78, 5) is 17.5. The predicted octanol–water partition coefficient (Wildman–Crippen LogP) is 3.67. The molecule has 0 aliphatic carbocycles. The summed E-state index contributed by atoms with van der Waals surface area (Å²) < 4.78 is 33.2. The Morgan fingerprint density at radius 1 is 1.20 bits per heavy atom. The van der Waals surface area contributed by atoms with Gasteiger partial charge in [-0.05, 0) is 55.1 Å². The average Bonchev–Trinajstić information content (AvgIpc) is 3.06. The SMILES string of the molecule is COc1ccc(S(=O)(=O)CCC(=O)N=c2sc3cc(C)ccc3n2CCSC)cc1. The molecule has 9 heteroatoms. The van der Waals surface area contributed by atoms with Crippen molar-refractivity contribution in [1.29, 1.82) is 0 Å². The molecule has 160 valence electrons. The van der Waals surface area contributed by atoms with Crippen LogP contribution in [0.2, 0.25) is 0 Å². The largest absolute Gasteiger partial charge is 0.497 e. The molecule has 0 bridgehead atoms. The van der Waals surface area contributed by atoms with Gasteiger partial charge in [0.1, 0.15) is 5.75 Å². The first-order valence-corrected chi connectivity index (χ1v) is 13.2. The molecule has 3 rings (SSSR count). The van der Waals surface area contributed by atoms with Crippen molar-refractivity contribution in [2.75, 3.05) is 24.9 Å². The number of methoxy groups -OCH3 is 1. The second-order valence-electron chi connectivity index (χ2n) is 6.75. The molecule has 2 aromatic carbocycles. The summed E-state index contributed by atoms with van der Waals surface area (Å²) in [6.07, 6.45) is 1.87. The van der Waals surface area contributed by atoms with Crippen molar-refractivity contribution >= 4 is 49.1 Å². The van der Waals surface area contributed by atoms with Gasteiger partial charge in [-0.3, -0.25) is 4.79 Å². The van der Waals surface area contributed by atoms with Crippen molar-refractivity contribution in [2.24, 2.45) is 4.99 Å². The summed E-state index contributed by atoms with van der Waals surface area (Å²) in [6.45, 7) is 2.76. The number of aromatic nitrogens is 1. The Morgan fingerprint density at radius 2 is 1.93 bits per heavy atom. The second-order valence-corrected chi connectivity index (χ2v) is 10.9. The molecule has 0 spiro atoms. The van der Waals surface area contributed by atoms with E-state index >= 15 is 0 Å². The number of carbonyl (C=O) groups is 1. The van der Waals surface area contributed by atoms with Gasteiger partial charge in [-0.2, -0.15) is 16.8 Å². The Hall–Kier alpha value is -2.10. The van der Waals surface area contributed by atoms with Crippen LogP contribution in [0.1, 0.15) is 12.0 Å². The van der Waals surface area contributed by atoms with E-state index in [1.807, 2.05) is 29.9 Å². The minimum Gasteiger partial charge on any atom is -0.497 e.